The maximum absolute atomic E-state index is 13.5. The van der Waals surface area contributed by atoms with Crippen molar-refractivity contribution >= 4 is 135 Å². The zero-order chi connectivity index (χ0) is 51.8. The van der Waals surface area contributed by atoms with Crippen molar-refractivity contribution in [3.8, 4) is 0 Å². The molecular weight excluding hydrogens is 1080 g/mol. The van der Waals surface area contributed by atoms with E-state index in [0.717, 1.165) is 86.5 Å². The van der Waals surface area contributed by atoms with Crippen molar-refractivity contribution in [1.82, 2.24) is 30.0 Å². The number of carboxylic acid groups (broad SMARTS) is 1. The van der Waals surface area contributed by atoms with Gasteiger partial charge in [0.2, 0.25) is 0 Å². The number of benzene rings is 3. The minimum atomic E-state index is -1.01. The van der Waals surface area contributed by atoms with Crippen molar-refractivity contribution in [2.24, 2.45) is 23.7 Å². The number of carbonyl (C=O) groups is 5. The highest BCUT2D eigenvalue weighted by atomic mass is 35.5. The molecule has 3 amide bonds. The lowest BCUT2D eigenvalue weighted by Gasteiger charge is -2.45. The Balaban J connectivity index is 0.000000141. The summed E-state index contributed by atoms with van der Waals surface area (Å²) in [6, 6.07) is 14.1. The van der Waals surface area contributed by atoms with Crippen LogP contribution in [0.3, 0.4) is 0 Å². The van der Waals surface area contributed by atoms with Gasteiger partial charge in [0.25, 0.3) is 23.0 Å². The van der Waals surface area contributed by atoms with Gasteiger partial charge in [-0.2, -0.15) is 0 Å². The molecule has 22 heteroatoms. The third kappa shape index (κ3) is 13.5. The van der Waals surface area contributed by atoms with Gasteiger partial charge in [-0.15, -0.1) is 45.3 Å². The number of carbonyl (C=O) groups excluding carboxylic acids is 4. The predicted molar refractivity (Wildman–Crippen MR) is 284 cm³/mol. The second kappa shape index (κ2) is 24.9. The minimum Gasteiger partial charge on any atom is -0.478 e. The molecule has 4 aliphatic heterocycles. The molecule has 382 valence electrons. The molecule has 0 bridgehead atoms. The number of thiophene rings is 2. The molecule has 8 heterocycles. The number of likely N-dealkylation sites (tertiary alicyclic amines) is 3. The summed E-state index contributed by atoms with van der Waals surface area (Å²) in [5.41, 5.74) is 0.666. The standard InChI is InChI=1S/C21H19ClFN3O2S2.C12H17N3OS.C9H3Cl2FOS.C9H7FO2/c22-17-15-2-1-14(23)9-16(15)30-18(17)20(27)26-10-13(11-26)12-3-6-25(7-4-12)21(28)19-24-5-8-29-19;16-12(11-14-3-6-17-11)15-4-1-9(2-5-15)10-7-13-8-10;10-7-5-2-1-4(12)3-6(5)14-8(7)9(11)13;10-8-4-1-7(2-5-8)3-6-9(11)12/h1-2,5,8-9,12-13H,3-4,6-7,10-11H2;3,6,9-10,13H,1-2,4-5,7-8H2;1-3H;1-6H,(H,11,12)/b;;;6-3+. The number of aromatic nitrogens is 2. The molecule has 4 saturated heterocycles. The van der Waals surface area contributed by atoms with Gasteiger partial charge in [0.1, 0.15) is 27.2 Å². The molecule has 0 unspecified atom stereocenters. The molecule has 0 aliphatic carbocycles. The Morgan fingerprint density at radius 1 is 0.616 bits per heavy atom. The van der Waals surface area contributed by atoms with Gasteiger partial charge in [-0.3, -0.25) is 19.2 Å². The maximum atomic E-state index is 13.5. The van der Waals surface area contributed by atoms with Crippen molar-refractivity contribution in [1.29, 1.82) is 0 Å². The van der Waals surface area contributed by atoms with Crippen LogP contribution in [0.4, 0.5) is 13.2 Å². The fourth-order valence-corrected chi connectivity index (χ4v) is 13.3. The number of carboxylic acids is 1. The molecule has 11 rings (SSSR count). The van der Waals surface area contributed by atoms with Crippen molar-refractivity contribution < 1.29 is 42.3 Å². The zero-order valence-electron chi connectivity index (χ0n) is 38.7. The smallest absolute Gasteiger partial charge is 0.328 e. The van der Waals surface area contributed by atoms with Gasteiger partial charge < -0.3 is 25.1 Å². The first kappa shape index (κ1) is 54.0. The average molecular weight is 1130 g/mol. The number of amides is 3. The molecular formula is C51H46Cl3F3N6O6S4. The van der Waals surface area contributed by atoms with Crippen LogP contribution in [-0.4, -0.2) is 111 Å². The number of nitrogens with zero attached hydrogens (tertiary/aromatic N) is 5. The lowest BCUT2D eigenvalue weighted by atomic mass is 9.79. The number of nitrogens with one attached hydrogen (secondary N) is 1. The summed E-state index contributed by atoms with van der Waals surface area (Å²) in [4.78, 5) is 73.0. The highest BCUT2D eigenvalue weighted by molar-refractivity contribution is 7.23. The Morgan fingerprint density at radius 2 is 1.08 bits per heavy atom. The normalized spacial score (nSPS) is 16.4. The molecule has 4 aromatic heterocycles. The zero-order valence-corrected chi connectivity index (χ0v) is 44.2. The number of hydrogen-bond acceptors (Lipinski definition) is 12. The van der Waals surface area contributed by atoms with Gasteiger partial charge in [0, 0.05) is 88.7 Å². The summed E-state index contributed by atoms with van der Waals surface area (Å²) in [5.74, 6) is 0.666. The molecule has 2 N–H and O–H groups in total. The molecule has 0 radical (unpaired) electrons. The molecule has 0 spiro atoms. The van der Waals surface area contributed by atoms with Crippen molar-refractivity contribution in [3.05, 3.63) is 143 Å². The second-order valence-corrected chi connectivity index (χ2v) is 22.6. The maximum Gasteiger partial charge on any atom is 0.328 e. The van der Waals surface area contributed by atoms with Crippen LogP contribution < -0.4 is 5.32 Å². The number of hydrogen-bond donors (Lipinski definition) is 2. The van der Waals surface area contributed by atoms with Gasteiger partial charge in [-0.1, -0.05) is 35.3 Å². The number of aliphatic carboxylic acids is 1. The van der Waals surface area contributed by atoms with Crippen LogP contribution in [0.5, 0.6) is 0 Å². The second-order valence-electron chi connectivity index (χ2n) is 17.6. The van der Waals surface area contributed by atoms with E-state index in [2.05, 4.69) is 15.3 Å². The molecule has 12 nitrogen and oxygen atoms in total. The van der Waals surface area contributed by atoms with Crippen molar-refractivity contribution in [2.45, 2.75) is 25.7 Å². The van der Waals surface area contributed by atoms with Gasteiger partial charge in [-0.05, 0) is 134 Å². The molecule has 0 atom stereocenters. The van der Waals surface area contributed by atoms with E-state index in [1.165, 1.54) is 108 Å². The van der Waals surface area contributed by atoms with Crippen LogP contribution in [0.25, 0.3) is 26.2 Å². The monoisotopic (exact) mass is 1130 g/mol. The quantitative estimate of drug-likeness (QED) is 0.112. The van der Waals surface area contributed by atoms with Crippen molar-refractivity contribution in [2.75, 3.05) is 52.4 Å². The summed E-state index contributed by atoms with van der Waals surface area (Å²) in [5, 5.41) is 17.9. The number of piperidine rings is 2. The van der Waals surface area contributed by atoms with E-state index in [-0.39, 0.29) is 40.1 Å². The summed E-state index contributed by atoms with van der Waals surface area (Å²) < 4.78 is 40.0. The Hall–Kier alpha value is -5.25. The van der Waals surface area contributed by atoms with E-state index < -0.39 is 11.2 Å². The highest BCUT2D eigenvalue weighted by Gasteiger charge is 2.40. The Labute approximate surface area is 449 Å². The molecule has 3 aromatic carbocycles. The summed E-state index contributed by atoms with van der Waals surface area (Å²) in [6.07, 6.45) is 9.98. The van der Waals surface area contributed by atoms with Crippen LogP contribution in [0.15, 0.2) is 89.9 Å². The van der Waals surface area contributed by atoms with E-state index in [1.807, 2.05) is 25.5 Å². The van der Waals surface area contributed by atoms with Crippen molar-refractivity contribution in [3.63, 3.8) is 0 Å². The Morgan fingerprint density at radius 3 is 1.52 bits per heavy atom. The van der Waals surface area contributed by atoms with E-state index >= 15 is 0 Å². The van der Waals surface area contributed by atoms with E-state index in [0.29, 0.717) is 70.2 Å². The number of thiazole rings is 2. The minimum absolute atomic E-state index is 0.0182. The Kier molecular flexibility index (Phi) is 18.4. The van der Waals surface area contributed by atoms with Crippen LogP contribution in [0, 0.1) is 41.1 Å². The predicted octanol–water partition coefficient (Wildman–Crippen LogP) is 12.0. The summed E-state index contributed by atoms with van der Waals surface area (Å²) >= 11 is 22.8. The number of fused-ring (bicyclic) bond motifs is 2. The van der Waals surface area contributed by atoms with E-state index in [4.69, 9.17) is 39.9 Å². The molecule has 4 fully saturated rings. The van der Waals surface area contributed by atoms with Crippen LogP contribution in [0.2, 0.25) is 10.0 Å². The molecule has 73 heavy (non-hydrogen) atoms. The van der Waals surface area contributed by atoms with Crippen LogP contribution >= 0.6 is 80.1 Å². The van der Waals surface area contributed by atoms with Gasteiger partial charge >= 0.3 is 5.97 Å². The Bertz CT molecular complexity index is 3100. The van der Waals surface area contributed by atoms with E-state index in [9.17, 15) is 37.1 Å². The third-order valence-corrected chi connectivity index (χ3v) is 18.2. The third-order valence-electron chi connectivity index (χ3n) is 13.1. The van der Waals surface area contributed by atoms with Gasteiger partial charge in [0.05, 0.1) is 10.0 Å². The van der Waals surface area contributed by atoms with E-state index in [1.54, 1.807) is 18.5 Å². The van der Waals surface area contributed by atoms with Crippen LogP contribution in [-0.2, 0) is 4.79 Å². The fourth-order valence-electron chi connectivity index (χ4n) is 8.92. The SMILES string of the molecule is O=C(Cl)c1sc2cc(F)ccc2c1Cl.O=C(O)/C=C/c1ccc(F)cc1.O=C(c1nccs1)N1CCC(C2CN(C(=O)c3sc4cc(F)ccc4c3Cl)C2)CC1.O=C(c1nccs1)N1CCC(C2CNC2)CC1. The fraction of sp³-hybridized carbons (Fsp3) is 0.314. The first-order valence-electron chi connectivity index (χ1n) is 23.1. The largest absolute Gasteiger partial charge is 0.478 e. The van der Waals surface area contributed by atoms with Gasteiger partial charge in [0.15, 0.2) is 10.0 Å². The highest BCUT2D eigenvalue weighted by Crippen LogP contribution is 2.40. The van der Waals surface area contributed by atoms with Gasteiger partial charge in [-0.25, -0.2) is 27.9 Å². The summed E-state index contributed by atoms with van der Waals surface area (Å²) in [7, 11) is 0. The lowest BCUT2D eigenvalue weighted by Crippen LogP contribution is -2.54. The van der Waals surface area contributed by atoms with Crippen LogP contribution in [0.1, 0.15) is 70.2 Å². The molecule has 7 aromatic rings. The topological polar surface area (TPSA) is 153 Å². The first-order chi connectivity index (χ1) is 35.1. The summed E-state index contributed by atoms with van der Waals surface area (Å²) in [6.45, 7) is 7.05. The number of rotatable bonds is 8. The number of halogens is 6. The molecule has 0 saturated carbocycles. The molecule has 4 aliphatic rings. The average Bonchev–Trinajstić information content (AvgIpc) is 4.20. The first-order valence-corrected chi connectivity index (χ1v) is 27.6. The lowest BCUT2D eigenvalue weighted by molar-refractivity contribution is -0.131.